The van der Waals surface area contributed by atoms with Gasteiger partial charge in [-0.15, -0.1) is 0 Å². The highest BCUT2D eigenvalue weighted by Gasteiger charge is 2.05. The molecule has 0 saturated heterocycles. The molecule has 0 saturated carbocycles. The number of aromatic nitrogens is 1. The molecule has 0 unspecified atom stereocenters. The lowest BCUT2D eigenvalue weighted by Gasteiger charge is -2.01. The Morgan fingerprint density at radius 1 is 1.21 bits per heavy atom. The molecule has 4 nitrogen and oxygen atoms in total. The van der Waals surface area contributed by atoms with E-state index < -0.39 is 5.91 Å². The smallest absolute Gasteiger partial charge is 0.249 e. The number of fused-ring (bicyclic) bond motifs is 1. The first-order valence-corrected chi connectivity index (χ1v) is 4.10. The summed E-state index contributed by atoms with van der Waals surface area (Å²) in [4.78, 5) is 24.6. The summed E-state index contributed by atoms with van der Waals surface area (Å²) in [6.45, 7) is 0. The number of H-pyrrole nitrogens is 1. The maximum absolute atomic E-state index is 11.0. The highest BCUT2D eigenvalue weighted by molar-refractivity contribution is 6.05. The van der Waals surface area contributed by atoms with Gasteiger partial charge in [0, 0.05) is 22.5 Å². The molecule has 1 aromatic carbocycles. The maximum atomic E-state index is 11.0. The summed E-state index contributed by atoms with van der Waals surface area (Å²) in [6.07, 6.45) is 0. The average Bonchev–Trinajstić information content (AvgIpc) is 2.16. The summed E-state index contributed by atoms with van der Waals surface area (Å²) < 4.78 is 0. The monoisotopic (exact) mass is 188 g/mol. The van der Waals surface area contributed by atoms with Gasteiger partial charge in [-0.1, -0.05) is 6.07 Å². The van der Waals surface area contributed by atoms with Crippen LogP contribution in [0.4, 0.5) is 0 Å². The molecule has 2 rings (SSSR count). The number of carbonyl (C=O) groups excluding carboxylic acids is 1. The van der Waals surface area contributed by atoms with E-state index in [1.54, 1.807) is 24.3 Å². The first kappa shape index (κ1) is 8.50. The van der Waals surface area contributed by atoms with Crippen molar-refractivity contribution in [3.8, 4) is 0 Å². The molecule has 2 aromatic rings. The number of hydrogen-bond donors (Lipinski definition) is 2. The van der Waals surface area contributed by atoms with Gasteiger partial charge in [-0.2, -0.15) is 0 Å². The van der Waals surface area contributed by atoms with Gasteiger partial charge in [-0.3, -0.25) is 9.59 Å². The van der Waals surface area contributed by atoms with Gasteiger partial charge in [0.2, 0.25) is 11.5 Å². The molecule has 0 radical (unpaired) electrons. The Kier molecular flexibility index (Phi) is 1.81. The number of benzene rings is 1. The van der Waals surface area contributed by atoms with E-state index >= 15 is 0 Å². The van der Waals surface area contributed by atoms with Crippen LogP contribution >= 0.6 is 0 Å². The predicted molar refractivity (Wildman–Crippen MR) is 53.1 cm³/mol. The maximum Gasteiger partial charge on any atom is 0.249 e. The van der Waals surface area contributed by atoms with E-state index in [1.807, 2.05) is 0 Å². The predicted octanol–water partition coefficient (Wildman–Crippen LogP) is 0.627. The van der Waals surface area contributed by atoms with E-state index in [1.165, 1.54) is 6.07 Å². The number of hydrogen-bond acceptors (Lipinski definition) is 2. The van der Waals surface area contributed by atoms with Crippen LogP contribution in [0.5, 0.6) is 0 Å². The zero-order valence-corrected chi connectivity index (χ0v) is 7.28. The number of carbonyl (C=O) groups is 1. The summed E-state index contributed by atoms with van der Waals surface area (Å²) >= 11 is 0. The Balaban J connectivity index is 2.88. The van der Waals surface area contributed by atoms with Crippen molar-refractivity contribution in [2.45, 2.75) is 0 Å². The van der Waals surface area contributed by atoms with E-state index in [2.05, 4.69) is 4.98 Å². The number of primary amides is 1. The molecular weight excluding hydrogens is 180 g/mol. The van der Waals surface area contributed by atoms with Crippen molar-refractivity contribution in [1.29, 1.82) is 0 Å². The van der Waals surface area contributed by atoms with Gasteiger partial charge in [0.1, 0.15) is 0 Å². The van der Waals surface area contributed by atoms with Gasteiger partial charge < -0.3 is 10.7 Å². The molecule has 1 aromatic heterocycles. The van der Waals surface area contributed by atoms with Crippen LogP contribution < -0.4 is 11.3 Å². The lowest BCUT2D eigenvalue weighted by Crippen LogP contribution is -2.12. The molecule has 1 heterocycles. The third kappa shape index (κ3) is 1.26. The lowest BCUT2D eigenvalue weighted by molar-refractivity contribution is 0.100. The number of nitrogens with one attached hydrogen (secondary N) is 1. The van der Waals surface area contributed by atoms with Crippen LogP contribution in [-0.4, -0.2) is 10.9 Å². The van der Waals surface area contributed by atoms with Crippen LogP contribution in [-0.2, 0) is 0 Å². The molecule has 3 N–H and O–H groups in total. The molecule has 0 fully saturated rings. The van der Waals surface area contributed by atoms with Crippen LogP contribution in [0.15, 0.2) is 35.1 Å². The van der Waals surface area contributed by atoms with E-state index in [0.717, 1.165) is 0 Å². The van der Waals surface area contributed by atoms with Crippen molar-refractivity contribution < 1.29 is 4.79 Å². The van der Waals surface area contributed by atoms with Gasteiger partial charge in [0.25, 0.3) is 0 Å². The second-order valence-electron chi connectivity index (χ2n) is 2.95. The van der Waals surface area contributed by atoms with Crippen LogP contribution in [0.25, 0.3) is 10.9 Å². The minimum Gasteiger partial charge on any atom is -0.366 e. The molecule has 0 bridgehead atoms. The summed E-state index contributed by atoms with van der Waals surface area (Å²) in [6, 6.07) is 7.99. The second-order valence-corrected chi connectivity index (χ2v) is 2.95. The first-order valence-electron chi connectivity index (χ1n) is 4.10. The third-order valence-electron chi connectivity index (χ3n) is 2.03. The van der Waals surface area contributed by atoms with Crippen LogP contribution in [0.3, 0.4) is 0 Å². The van der Waals surface area contributed by atoms with Gasteiger partial charge >= 0.3 is 0 Å². The third-order valence-corrected chi connectivity index (χ3v) is 2.03. The number of nitrogens with two attached hydrogens (primary N) is 1. The molecule has 0 atom stereocenters. The van der Waals surface area contributed by atoms with Gasteiger partial charge in [-0.05, 0) is 18.2 Å². The van der Waals surface area contributed by atoms with Crippen molar-refractivity contribution in [1.82, 2.24) is 4.98 Å². The first-order chi connectivity index (χ1) is 6.68. The molecular formula is C10H8N2O2. The zero-order chi connectivity index (χ0) is 10.1. The van der Waals surface area contributed by atoms with Crippen molar-refractivity contribution in [3.63, 3.8) is 0 Å². The summed E-state index contributed by atoms with van der Waals surface area (Å²) in [5.41, 5.74) is 6.03. The molecule has 4 heteroatoms. The normalized spacial score (nSPS) is 10.3. The molecule has 70 valence electrons. The quantitative estimate of drug-likeness (QED) is 0.688. The van der Waals surface area contributed by atoms with E-state index in [-0.39, 0.29) is 5.56 Å². The molecule has 0 spiro atoms. The standard InChI is InChI=1S/C10H8N2O2/c11-10(14)7-2-1-3-8-6(7)4-5-9(13)12-8/h1-5H,(H2,11,14)(H,12,13). The molecule has 0 aliphatic heterocycles. The van der Waals surface area contributed by atoms with E-state index in [0.29, 0.717) is 16.5 Å². The molecule has 1 amide bonds. The average molecular weight is 188 g/mol. The second kappa shape index (κ2) is 2.99. The summed E-state index contributed by atoms with van der Waals surface area (Å²) in [5.74, 6) is -0.498. The number of pyridine rings is 1. The zero-order valence-electron chi connectivity index (χ0n) is 7.28. The van der Waals surface area contributed by atoms with Gasteiger partial charge in [0.15, 0.2) is 0 Å². The number of rotatable bonds is 1. The topological polar surface area (TPSA) is 76.0 Å². The van der Waals surface area contributed by atoms with E-state index in [4.69, 9.17) is 5.73 Å². The van der Waals surface area contributed by atoms with Crippen molar-refractivity contribution in [2.75, 3.05) is 0 Å². The van der Waals surface area contributed by atoms with Crippen LogP contribution in [0.1, 0.15) is 10.4 Å². The van der Waals surface area contributed by atoms with Crippen molar-refractivity contribution in [3.05, 3.63) is 46.2 Å². The Morgan fingerprint density at radius 2 is 2.00 bits per heavy atom. The summed E-state index contributed by atoms with van der Waals surface area (Å²) in [7, 11) is 0. The Hall–Kier alpha value is -2.10. The largest absolute Gasteiger partial charge is 0.366 e. The van der Waals surface area contributed by atoms with Gasteiger partial charge in [-0.25, -0.2) is 0 Å². The van der Waals surface area contributed by atoms with Crippen LogP contribution in [0, 0.1) is 0 Å². The van der Waals surface area contributed by atoms with Gasteiger partial charge in [0.05, 0.1) is 0 Å². The number of amides is 1. The van der Waals surface area contributed by atoms with Crippen molar-refractivity contribution in [2.24, 2.45) is 5.73 Å². The fourth-order valence-corrected chi connectivity index (χ4v) is 1.40. The fourth-order valence-electron chi connectivity index (χ4n) is 1.40. The Bertz CT molecular complexity index is 557. The summed E-state index contributed by atoms with van der Waals surface area (Å²) in [5, 5.41) is 0.666. The van der Waals surface area contributed by atoms with Crippen molar-refractivity contribution >= 4 is 16.8 Å². The number of aromatic amines is 1. The highest BCUT2D eigenvalue weighted by atomic mass is 16.1. The molecule has 0 aliphatic carbocycles. The van der Waals surface area contributed by atoms with Crippen LogP contribution in [0.2, 0.25) is 0 Å². The fraction of sp³-hybridized carbons (Fsp3) is 0. The Morgan fingerprint density at radius 3 is 2.71 bits per heavy atom. The van der Waals surface area contributed by atoms with E-state index in [9.17, 15) is 9.59 Å². The minimum absolute atomic E-state index is 0.195. The Labute approximate surface area is 79.4 Å². The molecule has 0 aliphatic rings. The highest BCUT2D eigenvalue weighted by Crippen LogP contribution is 2.14. The minimum atomic E-state index is -0.498. The SMILES string of the molecule is NC(=O)c1cccc2[nH]c(=O)ccc12. The lowest BCUT2D eigenvalue weighted by atomic mass is 10.1. The molecule has 14 heavy (non-hydrogen) atoms.